The van der Waals surface area contributed by atoms with E-state index in [4.69, 9.17) is 17.3 Å². The first-order valence-electron chi connectivity index (χ1n) is 10.1. The summed E-state index contributed by atoms with van der Waals surface area (Å²) >= 11 is 6.06. The Hall–Kier alpha value is -3.58. The van der Waals surface area contributed by atoms with Gasteiger partial charge in [-0.15, -0.1) is 0 Å². The Balaban J connectivity index is 1.26. The summed E-state index contributed by atoms with van der Waals surface area (Å²) in [6.45, 7) is 3.49. The zero-order valence-corrected chi connectivity index (χ0v) is 17.5. The normalized spacial score (nSPS) is 14.2. The van der Waals surface area contributed by atoms with Crippen molar-refractivity contribution >= 4 is 40.0 Å². The summed E-state index contributed by atoms with van der Waals surface area (Å²) in [5, 5.41) is 0.668. The van der Waals surface area contributed by atoms with Gasteiger partial charge in [0.1, 0.15) is 11.6 Å². The minimum absolute atomic E-state index is 0.405. The number of hydrogen-bond acceptors (Lipinski definition) is 5. The molecule has 2 aromatic carbocycles. The largest absolute Gasteiger partial charge is 0.368 e. The van der Waals surface area contributed by atoms with E-state index >= 15 is 0 Å². The summed E-state index contributed by atoms with van der Waals surface area (Å²) in [6, 6.07) is 17.1. The highest BCUT2D eigenvalue weighted by molar-refractivity contribution is 6.31. The molecule has 1 saturated heterocycles. The summed E-state index contributed by atoms with van der Waals surface area (Å²) < 4.78 is 0. The molecule has 156 valence electrons. The lowest BCUT2D eigenvalue weighted by Crippen LogP contribution is -2.46. The second kappa shape index (κ2) is 7.92. The molecule has 0 spiro atoms. The van der Waals surface area contributed by atoms with Crippen LogP contribution in [0.1, 0.15) is 10.4 Å². The predicted molar refractivity (Wildman–Crippen MR) is 124 cm³/mol. The summed E-state index contributed by atoms with van der Waals surface area (Å²) in [5.41, 5.74) is 9.66. The first-order chi connectivity index (χ1) is 15.1. The van der Waals surface area contributed by atoms with Crippen LogP contribution in [0, 0.1) is 0 Å². The Morgan fingerprint density at radius 3 is 2.39 bits per heavy atom. The molecule has 0 atom stereocenters. The highest BCUT2D eigenvalue weighted by Crippen LogP contribution is 2.25. The number of primary amides is 1. The molecule has 0 saturated carbocycles. The minimum Gasteiger partial charge on any atom is -0.368 e. The molecule has 0 bridgehead atoms. The van der Waals surface area contributed by atoms with Crippen molar-refractivity contribution in [1.29, 1.82) is 0 Å². The predicted octanol–water partition coefficient (Wildman–Crippen LogP) is 3.70. The number of aromatic nitrogens is 3. The van der Waals surface area contributed by atoms with E-state index in [1.807, 2.05) is 48.7 Å². The van der Waals surface area contributed by atoms with E-state index in [1.165, 1.54) is 0 Å². The monoisotopic (exact) mass is 432 g/mol. The molecule has 8 heteroatoms. The first kappa shape index (κ1) is 19.4. The topological polar surface area (TPSA) is 91.1 Å². The Kier molecular flexibility index (Phi) is 4.95. The molecule has 0 aliphatic carbocycles. The maximum Gasteiger partial charge on any atom is 0.248 e. The van der Waals surface area contributed by atoms with Crippen molar-refractivity contribution in [3.8, 4) is 11.4 Å². The maximum atomic E-state index is 11.2. The number of carbonyl (C=O) groups excluding carboxylic acids is 1. The molecule has 2 aromatic heterocycles. The van der Waals surface area contributed by atoms with Crippen LogP contribution in [0.5, 0.6) is 0 Å². The van der Waals surface area contributed by atoms with Crippen LogP contribution in [0.15, 0.2) is 60.8 Å². The number of carbonyl (C=O) groups is 1. The van der Waals surface area contributed by atoms with Crippen molar-refractivity contribution in [2.24, 2.45) is 5.73 Å². The molecule has 1 aliphatic heterocycles. The summed E-state index contributed by atoms with van der Waals surface area (Å²) in [6.07, 6.45) is 1.85. The standard InChI is InChI=1S/C23H21ClN6O/c24-17-4-7-19-20(13-17)28-23(27-19)16-3-8-21(26-14-16)30-11-9-29(10-12-30)18-5-1-15(2-6-18)22(25)31/h1-8,13-14H,9-12H2,(H2,25,31)(H,27,28). The number of nitrogens with one attached hydrogen (secondary N) is 1. The van der Waals surface area contributed by atoms with Gasteiger partial charge in [-0.2, -0.15) is 0 Å². The molecular formula is C23H21ClN6O. The van der Waals surface area contributed by atoms with Crippen molar-refractivity contribution in [3.05, 3.63) is 71.4 Å². The number of H-pyrrole nitrogens is 1. The number of fused-ring (bicyclic) bond motifs is 1. The number of halogens is 1. The Morgan fingerprint density at radius 1 is 0.968 bits per heavy atom. The van der Waals surface area contributed by atoms with Gasteiger partial charge in [-0.1, -0.05) is 11.6 Å². The number of rotatable bonds is 4. The van der Waals surface area contributed by atoms with Crippen molar-refractivity contribution in [1.82, 2.24) is 15.0 Å². The number of hydrogen-bond donors (Lipinski definition) is 2. The molecular weight excluding hydrogens is 412 g/mol. The second-order valence-electron chi connectivity index (χ2n) is 7.54. The van der Waals surface area contributed by atoms with Crippen LogP contribution in [0.4, 0.5) is 11.5 Å². The number of pyridine rings is 1. The molecule has 7 nitrogen and oxygen atoms in total. The number of imidazole rings is 1. The van der Waals surface area contributed by atoms with Gasteiger partial charge in [-0.05, 0) is 54.6 Å². The van der Waals surface area contributed by atoms with Crippen LogP contribution in [0.2, 0.25) is 5.02 Å². The van der Waals surface area contributed by atoms with E-state index in [-0.39, 0.29) is 0 Å². The zero-order chi connectivity index (χ0) is 21.4. The molecule has 1 amide bonds. The van der Waals surface area contributed by atoms with Gasteiger partial charge in [-0.25, -0.2) is 9.97 Å². The first-order valence-corrected chi connectivity index (χ1v) is 10.5. The smallest absolute Gasteiger partial charge is 0.248 e. The van der Waals surface area contributed by atoms with Crippen molar-refractivity contribution in [3.63, 3.8) is 0 Å². The number of benzene rings is 2. The highest BCUT2D eigenvalue weighted by atomic mass is 35.5. The Labute approximate surface area is 184 Å². The van der Waals surface area contributed by atoms with Crippen LogP contribution >= 0.6 is 11.6 Å². The van der Waals surface area contributed by atoms with Gasteiger partial charge in [0.15, 0.2) is 0 Å². The second-order valence-corrected chi connectivity index (χ2v) is 7.97. The van der Waals surface area contributed by atoms with Crippen molar-refractivity contribution in [2.75, 3.05) is 36.0 Å². The lowest BCUT2D eigenvalue weighted by molar-refractivity contribution is 0.100. The van der Waals surface area contributed by atoms with E-state index in [9.17, 15) is 4.79 Å². The van der Waals surface area contributed by atoms with Crippen LogP contribution in [-0.4, -0.2) is 47.0 Å². The molecule has 0 unspecified atom stereocenters. The van der Waals surface area contributed by atoms with E-state index < -0.39 is 5.91 Å². The summed E-state index contributed by atoms with van der Waals surface area (Å²) in [7, 11) is 0. The van der Waals surface area contributed by atoms with Gasteiger partial charge in [0.25, 0.3) is 0 Å². The Bertz CT molecular complexity index is 1230. The average molecular weight is 433 g/mol. The van der Waals surface area contributed by atoms with Gasteiger partial charge in [0, 0.05) is 54.2 Å². The van der Waals surface area contributed by atoms with Crippen LogP contribution in [-0.2, 0) is 0 Å². The molecule has 1 aliphatic rings. The van der Waals surface area contributed by atoms with Crippen molar-refractivity contribution < 1.29 is 4.79 Å². The molecule has 3 heterocycles. The van der Waals surface area contributed by atoms with Crippen molar-refractivity contribution in [2.45, 2.75) is 0 Å². The van der Waals surface area contributed by atoms with Crippen LogP contribution in [0.25, 0.3) is 22.4 Å². The quantitative estimate of drug-likeness (QED) is 0.513. The average Bonchev–Trinajstić information content (AvgIpc) is 3.22. The van der Waals surface area contributed by atoms with Gasteiger partial charge in [-0.3, -0.25) is 4.79 Å². The Morgan fingerprint density at radius 2 is 1.71 bits per heavy atom. The number of nitrogens with two attached hydrogens (primary N) is 1. The van der Waals surface area contributed by atoms with E-state index in [2.05, 4.69) is 24.8 Å². The number of piperazine rings is 1. The third-order valence-corrected chi connectivity index (χ3v) is 5.82. The van der Waals surface area contributed by atoms with E-state index in [1.54, 1.807) is 12.1 Å². The molecule has 31 heavy (non-hydrogen) atoms. The van der Waals surface area contributed by atoms with Crippen LogP contribution in [0.3, 0.4) is 0 Å². The third kappa shape index (κ3) is 3.92. The molecule has 1 fully saturated rings. The lowest BCUT2D eigenvalue weighted by Gasteiger charge is -2.36. The SMILES string of the molecule is NC(=O)c1ccc(N2CCN(c3ccc(-c4nc5cc(Cl)ccc5[nH]4)cn3)CC2)cc1. The number of amides is 1. The lowest BCUT2D eigenvalue weighted by atomic mass is 10.1. The fourth-order valence-corrected chi connectivity index (χ4v) is 4.03. The summed E-state index contributed by atoms with van der Waals surface area (Å²) in [4.78, 5) is 28.4. The number of anilines is 2. The van der Waals surface area contributed by atoms with Gasteiger partial charge < -0.3 is 20.5 Å². The number of nitrogens with zero attached hydrogens (tertiary/aromatic N) is 4. The third-order valence-electron chi connectivity index (χ3n) is 5.59. The number of aromatic amines is 1. The van der Waals surface area contributed by atoms with Crippen LogP contribution < -0.4 is 15.5 Å². The van der Waals surface area contributed by atoms with E-state index in [0.29, 0.717) is 10.6 Å². The summed E-state index contributed by atoms with van der Waals surface area (Å²) in [5.74, 6) is 1.32. The fraction of sp³-hybridized carbons (Fsp3) is 0.174. The molecule has 5 rings (SSSR count). The zero-order valence-electron chi connectivity index (χ0n) is 16.8. The minimum atomic E-state index is -0.405. The molecule has 3 N–H and O–H groups in total. The van der Waals surface area contributed by atoms with Gasteiger partial charge in [0.2, 0.25) is 5.91 Å². The molecule has 4 aromatic rings. The van der Waals surface area contributed by atoms with Gasteiger partial charge in [0.05, 0.1) is 11.0 Å². The fourth-order valence-electron chi connectivity index (χ4n) is 3.86. The molecule has 0 radical (unpaired) electrons. The highest BCUT2D eigenvalue weighted by Gasteiger charge is 2.19. The van der Waals surface area contributed by atoms with Gasteiger partial charge >= 0.3 is 0 Å². The van der Waals surface area contributed by atoms with E-state index in [0.717, 1.165) is 60.1 Å². The maximum absolute atomic E-state index is 11.2.